The molecule has 0 heterocycles. The van der Waals surface area contributed by atoms with E-state index in [1.807, 2.05) is 0 Å². The van der Waals surface area contributed by atoms with Gasteiger partial charge in [0.25, 0.3) is 0 Å². The summed E-state index contributed by atoms with van der Waals surface area (Å²) in [7, 11) is 0. The Hall–Kier alpha value is -2.08. The minimum Gasteiger partial charge on any atom is -0.0915 e. The van der Waals surface area contributed by atoms with Crippen LogP contribution in [0, 0.1) is 6.92 Å². The zero-order valence-electron chi connectivity index (χ0n) is 14.9. The number of hydrogen-bond donors (Lipinski definition) is 0. The van der Waals surface area contributed by atoms with Crippen LogP contribution in [0.15, 0.2) is 77.4 Å². The van der Waals surface area contributed by atoms with E-state index >= 15 is 0 Å². The summed E-state index contributed by atoms with van der Waals surface area (Å²) in [5.74, 6) is 0. The van der Waals surface area contributed by atoms with Crippen molar-refractivity contribution in [2.75, 3.05) is 0 Å². The Balaban J connectivity index is 2.34. The van der Waals surface area contributed by atoms with Crippen LogP contribution in [-0.4, -0.2) is 0 Å². The fourth-order valence-corrected chi connectivity index (χ4v) is 3.17. The third-order valence-electron chi connectivity index (χ3n) is 4.44. The zero-order chi connectivity index (χ0) is 16.8. The molecule has 0 amide bonds. The molecule has 0 bridgehead atoms. The van der Waals surface area contributed by atoms with E-state index in [1.165, 1.54) is 33.4 Å². The molecule has 1 aromatic rings. The lowest BCUT2D eigenvalue weighted by Gasteiger charge is -2.21. The maximum absolute atomic E-state index is 4.33. The lowest BCUT2D eigenvalue weighted by atomic mass is 9.83. The summed E-state index contributed by atoms with van der Waals surface area (Å²) in [5.41, 5.74) is 9.25. The second-order valence-corrected chi connectivity index (χ2v) is 6.30. The highest BCUT2D eigenvalue weighted by Crippen LogP contribution is 2.36. The van der Waals surface area contributed by atoms with Gasteiger partial charge in [0.2, 0.25) is 0 Å². The van der Waals surface area contributed by atoms with Crippen LogP contribution >= 0.6 is 0 Å². The van der Waals surface area contributed by atoms with Crippen molar-refractivity contribution in [3.63, 3.8) is 0 Å². The van der Waals surface area contributed by atoms with Crippen molar-refractivity contribution in [1.82, 2.24) is 0 Å². The molecule has 0 saturated heterocycles. The van der Waals surface area contributed by atoms with Crippen molar-refractivity contribution in [3.05, 3.63) is 88.6 Å². The zero-order valence-corrected chi connectivity index (χ0v) is 14.9. The maximum Gasteiger partial charge on any atom is -0.0155 e. The minimum absolute atomic E-state index is 1.07. The van der Waals surface area contributed by atoms with E-state index in [1.54, 1.807) is 0 Å². The fraction of sp³-hybridized carbons (Fsp3) is 0.304. The summed E-state index contributed by atoms with van der Waals surface area (Å²) in [4.78, 5) is 0. The molecule has 0 spiro atoms. The molecule has 0 saturated carbocycles. The van der Waals surface area contributed by atoms with Gasteiger partial charge >= 0.3 is 0 Å². The molecule has 0 aromatic heterocycles. The Morgan fingerprint density at radius 2 is 1.96 bits per heavy atom. The molecule has 0 aliphatic heterocycles. The highest BCUT2D eigenvalue weighted by molar-refractivity contribution is 5.83. The van der Waals surface area contributed by atoms with Gasteiger partial charge in [-0.15, -0.1) is 0 Å². The monoisotopic (exact) mass is 304 g/mol. The van der Waals surface area contributed by atoms with Crippen LogP contribution in [0.2, 0.25) is 0 Å². The van der Waals surface area contributed by atoms with Crippen LogP contribution in [0.5, 0.6) is 0 Å². The molecular formula is C23H28. The van der Waals surface area contributed by atoms with E-state index < -0.39 is 0 Å². The van der Waals surface area contributed by atoms with E-state index in [-0.39, 0.29) is 0 Å². The van der Waals surface area contributed by atoms with E-state index in [0.717, 1.165) is 24.8 Å². The topological polar surface area (TPSA) is 0 Å². The lowest BCUT2D eigenvalue weighted by Crippen LogP contribution is -2.01. The Morgan fingerprint density at radius 3 is 2.65 bits per heavy atom. The minimum atomic E-state index is 1.07. The van der Waals surface area contributed by atoms with Crippen LogP contribution in [0.25, 0.3) is 5.57 Å². The molecule has 0 nitrogen and oxygen atoms in total. The van der Waals surface area contributed by atoms with Crippen molar-refractivity contribution in [2.45, 2.75) is 47.0 Å². The molecule has 2 rings (SSSR count). The third-order valence-corrected chi connectivity index (χ3v) is 4.44. The number of allylic oxidation sites excluding steroid dienone is 9. The highest BCUT2D eigenvalue weighted by atomic mass is 14.2. The standard InChI is InChI=1S/C23H28/c1-6-7-11-17(2)16-19(4)21-14-10-15-23(20(21)5)22-13-9-8-12-18(22)3/h7-9,11-13,15-16H,4,6,10,14H2,1-3,5H3/b11-7-,17-16-. The highest BCUT2D eigenvalue weighted by Gasteiger charge is 2.16. The van der Waals surface area contributed by atoms with Gasteiger partial charge in [0, 0.05) is 0 Å². The molecule has 0 N–H and O–H groups in total. The molecule has 0 heteroatoms. The predicted octanol–water partition coefficient (Wildman–Crippen LogP) is 6.96. The van der Waals surface area contributed by atoms with Gasteiger partial charge in [-0.3, -0.25) is 0 Å². The van der Waals surface area contributed by atoms with E-state index in [9.17, 15) is 0 Å². The normalized spacial score (nSPS) is 16.0. The quantitative estimate of drug-likeness (QED) is 0.516. The first kappa shape index (κ1) is 17.3. The third kappa shape index (κ3) is 4.22. The van der Waals surface area contributed by atoms with Gasteiger partial charge in [-0.1, -0.05) is 67.6 Å². The molecule has 0 atom stereocenters. The summed E-state index contributed by atoms with van der Waals surface area (Å²) in [6, 6.07) is 8.64. The van der Waals surface area contributed by atoms with Gasteiger partial charge in [-0.05, 0) is 73.5 Å². The van der Waals surface area contributed by atoms with Crippen LogP contribution in [0.4, 0.5) is 0 Å². The number of aryl methyl sites for hydroxylation is 1. The van der Waals surface area contributed by atoms with Gasteiger partial charge in [0.1, 0.15) is 0 Å². The number of benzene rings is 1. The smallest absolute Gasteiger partial charge is 0.0155 e. The van der Waals surface area contributed by atoms with E-state index in [2.05, 4.69) is 82.8 Å². The van der Waals surface area contributed by atoms with Crippen molar-refractivity contribution in [3.8, 4) is 0 Å². The first-order valence-electron chi connectivity index (χ1n) is 8.55. The van der Waals surface area contributed by atoms with Crippen LogP contribution < -0.4 is 0 Å². The fourth-order valence-electron chi connectivity index (χ4n) is 3.17. The van der Waals surface area contributed by atoms with Crippen molar-refractivity contribution >= 4 is 5.57 Å². The maximum atomic E-state index is 4.33. The van der Waals surface area contributed by atoms with Crippen LogP contribution in [-0.2, 0) is 0 Å². The van der Waals surface area contributed by atoms with Crippen LogP contribution in [0.3, 0.4) is 0 Å². The largest absolute Gasteiger partial charge is 0.0915 e. The first-order chi connectivity index (χ1) is 11.0. The Morgan fingerprint density at radius 1 is 1.22 bits per heavy atom. The SMILES string of the molecule is C=C(/C=C(C)\C=C/CC)C1=C(C)C(c2ccccc2C)=CCC1. The van der Waals surface area contributed by atoms with E-state index in [4.69, 9.17) is 0 Å². The number of hydrogen-bond acceptors (Lipinski definition) is 0. The van der Waals surface area contributed by atoms with Crippen molar-refractivity contribution in [2.24, 2.45) is 0 Å². The summed E-state index contributed by atoms with van der Waals surface area (Å²) in [6.45, 7) is 13.1. The second kappa shape index (κ2) is 7.97. The molecule has 23 heavy (non-hydrogen) atoms. The summed E-state index contributed by atoms with van der Waals surface area (Å²) in [6.07, 6.45) is 12.2. The summed E-state index contributed by atoms with van der Waals surface area (Å²) < 4.78 is 0. The summed E-state index contributed by atoms with van der Waals surface area (Å²) in [5, 5.41) is 0. The average Bonchev–Trinajstić information content (AvgIpc) is 2.54. The van der Waals surface area contributed by atoms with Gasteiger partial charge in [0.15, 0.2) is 0 Å². The summed E-state index contributed by atoms with van der Waals surface area (Å²) >= 11 is 0. The van der Waals surface area contributed by atoms with Gasteiger partial charge < -0.3 is 0 Å². The molecule has 120 valence electrons. The Kier molecular flexibility index (Phi) is 5.98. The van der Waals surface area contributed by atoms with Gasteiger partial charge in [-0.25, -0.2) is 0 Å². The van der Waals surface area contributed by atoms with Gasteiger partial charge in [0.05, 0.1) is 0 Å². The Bertz CT molecular complexity index is 705. The predicted molar refractivity (Wildman–Crippen MR) is 103 cm³/mol. The first-order valence-corrected chi connectivity index (χ1v) is 8.55. The molecule has 1 aromatic carbocycles. The van der Waals surface area contributed by atoms with Crippen LogP contribution in [0.1, 0.15) is 51.2 Å². The van der Waals surface area contributed by atoms with Gasteiger partial charge in [-0.2, -0.15) is 0 Å². The average molecular weight is 304 g/mol. The van der Waals surface area contributed by atoms with Crippen molar-refractivity contribution in [1.29, 1.82) is 0 Å². The molecular weight excluding hydrogens is 276 g/mol. The second-order valence-electron chi connectivity index (χ2n) is 6.30. The molecule has 0 unspecified atom stereocenters. The molecule has 0 radical (unpaired) electrons. The van der Waals surface area contributed by atoms with Crippen molar-refractivity contribution < 1.29 is 0 Å². The molecule has 1 aliphatic carbocycles. The number of rotatable bonds is 5. The Labute approximate surface area is 141 Å². The van der Waals surface area contributed by atoms with E-state index in [0.29, 0.717) is 0 Å². The molecule has 1 aliphatic rings. The molecule has 0 fully saturated rings. The lowest BCUT2D eigenvalue weighted by molar-refractivity contribution is 0.962.